The lowest BCUT2D eigenvalue weighted by Crippen LogP contribution is -2.24. The molecular weight excluding hydrogens is 226 g/mol. The van der Waals surface area contributed by atoms with Crippen molar-refractivity contribution in [3.8, 4) is 0 Å². The Labute approximate surface area is 95.8 Å². The average molecular weight is 241 g/mol. The number of aldehydes is 1. The number of nitrogens with zero attached hydrogens (tertiary/aromatic N) is 1. The molecule has 0 unspecified atom stereocenters. The van der Waals surface area contributed by atoms with E-state index in [-0.39, 0.29) is 5.75 Å². The van der Waals surface area contributed by atoms with Crippen LogP contribution in [0.1, 0.15) is 10.4 Å². The number of rotatable bonds is 5. The smallest absolute Gasteiger partial charge is 0.150 e. The van der Waals surface area contributed by atoms with Gasteiger partial charge in [0.05, 0.1) is 5.75 Å². The first-order chi connectivity index (χ1) is 7.42. The van der Waals surface area contributed by atoms with E-state index in [1.165, 1.54) is 6.26 Å². The van der Waals surface area contributed by atoms with Crippen molar-refractivity contribution in [2.24, 2.45) is 0 Å². The predicted octanol–water partition coefficient (Wildman–Crippen LogP) is 0.980. The van der Waals surface area contributed by atoms with Gasteiger partial charge in [0.15, 0.2) is 0 Å². The Morgan fingerprint density at radius 3 is 2.25 bits per heavy atom. The third-order valence-corrected chi connectivity index (χ3v) is 3.19. The van der Waals surface area contributed by atoms with Crippen molar-refractivity contribution in [1.82, 2.24) is 0 Å². The fourth-order valence-corrected chi connectivity index (χ4v) is 1.84. The molecule has 88 valence electrons. The molecule has 0 amide bonds. The molecule has 16 heavy (non-hydrogen) atoms. The second kappa shape index (κ2) is 5.12. The topological polar surface area (TPSA) is 54.5 Å². The second-order valence-corrected chi connectivity index (χ2v) is 6.02. The van der Waals surface area contributed by atoms with Crippen LogP contribution < -0.4 is 4.90 Å². The van der Waals surface area contributed by atoms with Crippen LogP contribution in [0.25, 0.3) is 0 Å². The largest absolute Gasteiger partial charge is 0.374 e. The minimum absolute atomic E-state index is 0.124. The van der Waals surface area contributed by atoms with E-state index in [4.69, 9.17) is 0 Å². The molecule has 0 atom stereocenters. The molecular formula is C11H15NO3S. The van der Waals surface area contributed by atoms with Crippen molar-refractivity contribution in [2.75, 3.05) is 30.5 Å². The van der Waals surface area contributed by atoms with Gasteiger partial charge in [-0.25, -0.2) is 8.42 Å². The van der Waals surface area contributed by atoms with Crippen molar-refractivity contribution >= 4 is 21.8 Å². The number of benzene rings is 1. The molecule has 0 spiro atoms. The number of hydrogen-bond donors (Lipinski definition) is 0. The highest BCUT2D eigenvalue weighted by Gasteiger charge is 2.06. The van der Waals surface area contributed by atoms with E-state index in [0.29, 0.717) is 12.1 Å². The molecule has 0 fully saturated rings. The van der Waals surface area contributed by atoms with Gasteiger partial charge in [-0.1, -0.05) is 0 Å². The fourth-order valence-electron chi connectivity index (χ4n) is 1.24. The number of hydrogen-bond acceptors (Lipinski definition) is 4. The van der Waals surface area contributed by atoms with Crippen molar-refractivity contribution in [3.63, 3.8) is 0 Å². The molecule has 0 bridgehead atoms. The molecule has 1 rings (SSSR count). The summed E-state index contributed by atoms with van der Waals surface area (Å²) in [4.78, 5) is 12.3. The molecule has 0 saturated heterocycles. The highest BCUT2D eigenvalue weighted by atomic mass is 32.2. The molecule has 0 aliphatic heterocycles. The molecule has 0 heterocycles. The highest BCUT2D eigenvalue weighted by Crippen LogP contribution is 2.12. The number of carbonyl (C=O) groups is 1. The first kappa shape index (κ1) is 12.7. The Balaban J connectivity index is 2.66. The van der Waals surface area contributed by atoms with Gasteiger partial charge in [0.25, 0.3) is 0 Å². The molecule has 5 heteroatoms. The minimum atomic E-state index is -2.94. The molecule has 4 nitrogen and oxygen atoms in total. The summed E-state index contributed by atoms with van der Waals surface area (Å²) in [6.45, 7) is 0.444. The summed E-state index contributed by atoms with van der Waals surface area (Å²) in [5, 5.41) is 0. The Hall–Kier alpha value is -1.36. The van der Waals surface area contributed by atoms with Crippen LogP contribution in [-0.2, 0) is 9.84 Å². The quantitative estimate of drug-likeness (QED) is 0.721. The second-order valence-electron chi connectivity index (χ2n) is 3.76. The van der Waals surface area contributed by atoms with Crippen LogP contribution in [0.3, 0.4) is 0 Å². The van der Waals surface area contributed by atoms with Gasteiger partial charge in [-0.3, -0.25) is 4.79 Å². The molecule has 0 radical (unpaired) electrons. The summed E-state index contributed by atoms with van der Waals surface area (Å²) >= 11 is 0. The zero-order valence-electron chi connectivity index (χ0n) is 9.38. The van der Waals surface area contributed by atoms with Gasteiger partial charge in [0, 0.05) is 31.1 Å². The van der Waals surface area contributed by atoms with Crippen LogP contribution in [0, 0.1) is 0 Å². The van der Waals surface area contributed by atoms with Gasteiger partial charge < -0.3 is 4.90 Å². The van der Waals surface area contributed by atoms with Gasteiger partial charge in [-0.2, -0.15) is 0 Å². The van der Waals surface area contributed by atoms with Crippen molar-refractivity contribution < 1.29 is 13.2 Å². The van der Waals surface area contributed by atoms with E-state index in [2.05, 4.69) is 0 Å². The van der Waals surface area contributed by atoms with E-state index >= 15 is 0 Å². The number of carbonyl (C=O) groups excluding carboxylic acids is 1. The zero-order valence-corrected chi connectivity index (χ0v) is 10.2. The van der Waals surface area contributed by atoms with Crippen molar-refractivity contribution in [2.45, 2.75) is 0 Å². The summed E-state index contributed by atoms with van der Waals surface area (Å²) < 4.78 is 22.0. The molecule has 0 N–H and O–H groups in total. The van der Waals surface area contributed by atoms with Crippen LogP contribution in [0.4, 0.5) is 5.69 Å². The van der Waals surface area contributed by atoms with Crippen LogP contribution in [0.2, 0.25) is 0 Å². The first-order valence-corrected chi connectivity index (χ1v) is 6.92. The first-order valence-electron chi connectivity index (χ1n) is 4.86. The van der Waals surface area contributed by atoms with Crippen molar-refractivity contribution in [1.29, 1.82) is 0 Å². The Morgan fingerprint density at radius 1 is 1.25 bits per heavy atom. The molecule has 0 aliphatic carbocycles. The maximum Gasteiger partial charge on any atom is 0.150 e. The van der Waals surface area contributed by atoms with Gasteiger partial charge in [-0.15, -0.1) is 0 Å². The third-order valence-electron chi connectivity index (χ3n) is 2.27. The lowest BCUT2D eigenvalue weighted by Gasteiger charge is -2.18. The number of anilines is 1. The maximum absolute atomic E-state index is 11.0. The van der Waals surface area contributed by atoms with E-state index in [1.54, 1.807) is 24.3 Å². The summed E-state index contributed by atoms with van der Waals surface area (Å²) in [6.07, 6.45) is 2.00. The standard InChI is InChI=1S/C11H15NO3S/c1-12(7-8-16(2,14)15)11-5-3-10(9-13)4-6-11/h3-6,9H,7-8H2,1-2H3. The lowest BCUT2D eigenvalue weighted by atomic mass is 10.2. The lowest BCUT2D eigenvalue weighted by molar-refractivity contribution is 0.112. The average Bonchev–Trinajstić information content (AvgIpc) is 2.25. The minimum Gasteiger partial charge on any atom is -0.374 e. The fraction of sp³-hybridized carbons (Fsp3) is 0.364. The highest BCUT2D eigenvalue weighted by molar-refractivity contribution is 7.90. The van der Waals surface area contributed by atoms with Crippen LogP contribution in [0.5, 0.6) is 0 Å². The predicted molar refractivity (Wildman–Crippen MR) is 64.8 cm³/mol. The summed E-state index contributed by atoms with van der Waals surface area (Å²) in [6, 6.07) is 7.01. The third kappa shape index (κ3) is 4.02. The molecule has 1 aromatic rings. The molecule has 0 aliphatic rings. The van der Waals surface area contributed by atoms with Gasteiger partial charge in [0.1, 0.15) is 16.1 Å². The normalized spacial score (nSPS) is 11.1. The molecule has 0 aromatic heterocycles. The van der Waals surface area contributed by atoms with Crippen LogP contribution >= 0.6 is 0 Å². The van der Waals surface area contributed by atoms with E-state index in [9.17, 15) is 13.2 Å². The summed E-state index contributed by atoms with van der Waals surface area (Å²) in [5.74, 6) is 0.124. The van der Waals surface area contributed by atoms with Crippen LogP contribution in [-0.4, -0.2) is 40.3 Å². The van der Waals surface area contributed by atoms with Gasteiger partial charge in [-0.05, 0) is 24.3 Å². The summed E-state index contributed by atoms with van der Waals surface area (Å²) in [7, 11) is -1.12. The zero-order chi connectivity index (χ0) is 12.2. The van der Waals surface area contributed by atoms with E-state index in [0.717, 1.165) is 12.0 Å². The van der Waals surface area contributed by atoms with E-state index < -0.39 is 9.84 Å². The van der Waals surface area contributed by atoms with Crippen molar-refractivity contribution in [3.05, 3.63) is 29.8 Å². The number of sulfone groups is 1. The Morgan fingerprint density at radius 2 is 1.81 bits per heavy atom. The SMILES string of the molecule is CN(CCS(C)(=O)=O)c1ccc(C=O)cc1. The van der Waals surface area contributed by atoms with E-state index in [1.807, 2.05) is 11.9 Å². The monoisotopic (exact) mass is 241 g/mol. The summed E-state index contributed by atoms with van der Waals surface area (Å²) in [5.41, 5.74) is 1.51. The maximum atomic E-state index is 11.0. The Bertz CT molecular complexity index is 451. The Kier molecular flexibility index (Phi) is 4.06. The van der Waals surface area contributed by atoms with Gasteiger partial charge in [0.2, 0.25) is 0 Å². The molecule has 0 saturated carbocycles. The molecule has 1 aromatic carbocycles. The van der Waals surface area contributed by atoms with Gasteiger partial charge >= 0.3 is 0 Å². The van der Waals surface area contributed by atoms with Crippen LogP contribution in [0.15, 0.2) is 24.3 Å².